The minimum atomic E-state index is 0.296. The molecule has 1 heterocycles. The van der Waals surface area contributed by atoms with Crippen LogP contribution in [0.25, 0.3) is 0 Å². The van der Waals surface area contributed by atoms with E-state index in [4.69, 9.17) is 0 Å². The van der Waals surface area contributed by atoms with E-state index in [1.54, 1.807) is 0 Å². The van der Waals surface area contributed by atoms with Crippen molar-refractivity contribution in [3.05, 3.63) is 24.5 Å². The first kappa shape index (κ1) is 20.1. The maximum absolute atomic E-state index is 12.3. The zero-order chi connectivity index (χ0) is 20.2. The molecule has 158 valence electrons. The molecule has 0 radical (unpaired) electrons. The summed E-state index contributed by atoms with van der Waals surface area (Å²) < 4.78 is 0. The second-order valence-corrected chi connectivity index (χ2v) is 12.5. The van der Waals surface area contributed by atoms with Crippen LogP contribution in [0.2, 0.25) is 0 Å². The number of carbonyl (C=O) groups excluding carboxylic acids is 1. The van der Waals surface area contributed by atoms with Gasteiger partial charge in [-0.3, -0.25) is 9.78 Å². The Balaban J connectivity index is 1.32. The first-order valence-corrected chi connectivity index (χ1v) is 12.9. The Morgan fingerprint density at radius 1 is 0.966 bits per heavy atom. The van der Waals surface area contributed by atoms with Crippen LogP contribution in [0.4, 0.5) is 0 Å². The number of carbonyl (C=O) groups is 1. The number of fused-ring (bicyclic) bond motifs is 5. The summed E-state index contributed by atoms with van der Waals surface area (Å²) in [5, 5.41) is 0.773. The lowest BCUT2D eigenvalue weighted by molar-refractivity contribution is -0.133. The van der Waals surface area contributed by atoms with E-state index in [0.717, 1.165) is 35.3 Å². The number of ketones is 1. The molecule has 5 rings (SSSR count). The normalized spacial score (nSPS) is 46.4. The summed E-state index contributed by atoms with van der Waals surface area (Å²) in [5.74, 6) is 4.28. The first-order valence-electron chi connectivity index (χ1n) is 12.0. The van der Waals surface area contributed by atoms with Crippen molar-refractivity contribution in [2.45, 2.75) is 88.7 Å². The van der Waals surface area contributed by atoms with Crippen molar-refractivity contribution in [3.63, 3.8) is 0 Å². The number of pyridine rings is 1. The zero-order valence-corrected chi connectivity index (χ0v) is 19.2. The number of hydrogen-bond donors (Lipinski definition) is 0. The molecule has 4 aliphatic carbocycles. The van der Waals surface area contributed by atoms with Gasteiger partial charge in [-0.05, 0) is 111 Å². The fourth-order valence-electron chi connectivity index (χ4n) is 8.60. The average molecular weight is 412 g/mol. The second kappa shape index (κ2) is 7.39. The summed E-state index contributed by atoms with van der Waals surface area (Å²) in [6.07, 6.45) is 16.0. The van der Waals surface area contributed by atoms with Crippen LogP contribution in [0, 0.1) is 40.4 Å². The van der Waals surface area contributed by atoms with Gasteiger partial charge in [-0.15, -0.1) is 11.8 Å². The lowest BCUT2D eigenvalue weighted by Crippen LogP contribution is -2.54. The van der Waals surface area contributed by atoms with Crippen LogP contribution in [0.5, 0.6) is 0 Å². The van der Waals surface area contributed by atoms with Crippen LogP contribution < -0.4 is 0 Å². The first-order chi connectivity index (χ1) is 13.9. The number of Topliss-reactive ketones (excluding diaryl/α,β-unsaturated/α-hetero) is 1. The number of thioether (sulfide) groups is 1. The van der Waals surface area contributed by atoms with E-state index in [0.29, 0.717) is 22.5 Å². The lowest BCUT2D eigenvalue weighted by atomic mass is 9.45. The maximum atomic E-state index is 12.3. The third-order valence-corrected chi connectivity index (χ3v) is 11.4. The van der Waals surface area contributed by atoms with E-state index >= 15 is 0 Å². The van der Waals surface area contributed by atoms with Crippen molar-refractivity contribution >= 4 is 17.5 Å². The molecule has 4 fully saturated rings. The topological polar surface area (TPSA) is 30.0 Å². The molecular formula is C26H37NOS. The van der Waals surface area contributed by atoms with E-state index in [1.807, 2.05) is 19.3 Å². The molecule has 0 bridgehead atoms. The molecule has 0 saturated heterocycles. The Hall–Kier alpha value is -0.830. The van der Waals surface area contributed by atoms with Gasteiger partial charge in [0.05, 0.1) is 0 Å². The van der Waals surface area contributed by atoms with E-state index in [-0.39, 0.29) is 0 Å². The third kappa shape index (κ3) is 3.22. The van der Waals surface area contributed by atoms with Crippen molar-refractivity contribution in [2.24, 2.45) is 40.4 Å². The highest BCUT2D eigenvalue weighted by Gasteiger charge is 2.60. The van der Waals surface area contributed by atoms with Gasteiger partial charge >= 0.3 is 0 Å². The van der Waals surface area contributed by atoms with Crippen LogP contribution in [0.3, 0.4) is 0 Å². The molecule has 4 saturated carbocycles. The van der Waals surface area contributed by atoms with Gasteiger partial charge in [0.25, 0.3) is 0 Å². The van der Waals surface area contributed by atoms with Crippen molar-refractivity contribution in [1.82, 2.24) is 4.98 Å². The Bertz CT molecular complexity index is 765. The summed E-state index contributed by atoms with van der Waals surface area (Å²) in [6, 6.07) is 4.34. The summed E-state index contributed by atoms with van der Waals surface area (Å²) in [4.78, 5) is 17.9. The minimum absolute atomic E-state index is 0.296. The van der Waals surface area contributed by atoms with Gasteiger partial charge in [0.1, 0.15) is 5.78 Å². The minimum Gasteiger partial charge on any atom is -0.300 e. The summed E-state index contributed by atoms with van der Waals surface area (Å²) in [7, 11) is 0. The molecule has 3 heteroatoms. The van der Waals surface area contributed by atoms with E-state index in [2.05, 4.69) is 42.7 Å². The van der Waals surface area contributed by atoms with Gasteiger partial charge in [0.2, 0.25) is 0 Å². The molecule has 0 amide bonds. The number of nitrogens with zero attached hydrogens (tertiary/aromatic N) is 1. The Morgan fingerprint density at radius 2 is 1.69 bits per heavy atom. The van der Waals surface area contributed by atoms with Crippen molar-refractivity contribution in [2.75, 3.05) is 0 Å². The largest absolute Gasteiger partial charge is 0.300 e. The average Bonchev–Trinajstić information content (AvgIpc) is 3.06. The Morgan fingerprint density at radius 3 is 2.45 bits per heavy atom. The van der Waals surface area contributed by atoms with Gasteiger partial charge in [-0.25, -0.2) is 0 Å². The molecular weight excluding hydrogens is 374 g/mol. The maximum Gasteiger partial charge on any atom is 0.133 e. The molecule has 1 aromatic rings. The van der Waals surface area contributed by atoms with Crippen LogP contribution in [-0.4, -0.2) is 16.0 Å². The highest BCUT2D eigenvalue weighted by Crippen LogP contribution is 2.67. The van der Waals surface area contributed by atoms with Gasteiger partial charge in [-0.1, -0.05) is 13.8 Å². The molecule has 0 aliphatic heterocycles. The molecule has 1 unspecified atom stereocenters. The smallest absolute Gasteiger partial charge is 0.133 e. The predicted octanol–water partition coefficient (Wildman–Crippen LogP) is 6.79. The van der Waals surface area contributed by atoms with Crippen molar-refractivity contribution < 1.29 is 4.79 Å². The highest BCUT2D eigenvalue weighted by molar-refractivity contribution is 8.00. The molecule has 4 aliphatic rings. The van der Waals surface area contributed by atoms with Gasteiger partial charge in [-0.2, -0.15) is 0 Å². The SMILES string of the molecule is CC(=O)[C@H]1CC[C@H]2[C@@H]3CC[C@@H]4CC(Sc5ccncc5)CC[C@]4(C)[C@H]3CC[C@]12C. The lowest BCUT2D eigenvalue weighted by Gasteiger charge is -2.61. The fourth-order valence-corrected chi connectivity index (χ4v) is 9.83. The summed E-state index contributed by atoms with van der Waals surface area (Å²) >= 11 is 2.09. The van der Waals surface area contributed by atoms with Crippen molar-refractivity contribution in [3.8, 4) is 0 Å². The molecule has 0 spiro atoms. The number of hydrogen-bond acceptors (Lipinski definition) is 3. The van der Waals surface area contributed by atoms with Crippen LogP contribution in [0.15, 0.2) is 29.4 Å². The predicted molar refractivity (Wildman–Crippen MR) is 120 cm³/mol. The number of aromatic nitrogens is 1. The molecule has 0 N–H and O–H groups in total. The van der Waals surface area contributed by atoms with Gasteiger partial charge in [0.15, 0.2) is 0 Å². The summed E-state index contributed by atoms with van der Waals surface area (Å²) in [5.41, 5.74) is 0.832. The van der Waals surface area contributed by atoms with Crippen molar-refractivity contribution in [1.29, 1.82) is 0 Å². The fraction of sp³-hybridized carbons (Fsp3) is 0.769. The van der Waals surface area contributed by atoms with Gasteiger partial charge < -0.3 is 0 Å². The Kier molecular flexibility index (Phi) is 5.12. The monoisotopic (exact) mass is 411 g/mol. The third-order valence-electron chi connectivity index (χ3n) is 10.1. The second-order valence-electron chi connectivity index (χ2n) is 11.1. The van der Waals surface area contributed by atoms with Gasteiger partial charge in [0, 0.05) is 28.5 Å². The zero-order valence-electron chi connectivity index (χ0n) is 18.4. The standard InChI is InChI=1S/C26H37NOS/c1-17(28)22-6-7-23-21-5-4-18-16-20(29-19-10-14-27-15-11-19)8-12-25(18,2)24(21)9-13-26(22,23)3/h10-11,14-15,18,20-24H,4-9,12-13,16H2,1-3H3/t18-,20?,21+,22-,23+,24+,25+,26-/m1/s1. The van der Waals surface area contributed by atoms with E-state index < -0.39 is 0 Å². The molecule has 8 atom stereocenters. The van der Waals surface area contributed by atoms with E-state index in [9.17, 15) is 4.79 Å². The quantitative estimate of drug-likeness (QED) is 0.548. The van der Waals surface area contributed by atoms with E-state index in [1.165, 1.54) is 56.3 Å². The number of rotatable bonds is 3. The highest BCUT2D eigenvalue weighted by atomic mass is 32.2. The Labute approximate surface area is 181 Å². The molecule has 0 aromatic carbocycles. The molecule has 2 nitrogen and oxygen atoms in total. The van der Waals surface area contributed by atoms with Crippen LogP contribution in [-0.2, 0) is 4.79 Å². The van der Waals surface area contributed by atoms with Crippen LogP contribution in [0.1, 0.15) is 78.6 Å². The van der Waals surface area contributed by atoms with Crippen LogP contribution >= 0.6 is 11.8 Å². The molecule has 29 heavy (non-hydrogen) atoms. The molecule has 1 aromatic heterocycles. The summed E-state index contributed by atoms with van der Waals surface area (Å²) in [6.45, 7) is 6.98.